The monoisotopic (exact) mass is 306 g/mol. The molecule has 0 bridgehead atoms. The lowest BCUT2D eigenvalue weighted by Gasteiger charge is -2.30. The fraction of sp³-hybridized carbons (Fsp3) is 0.588. The minimum absolute atomic E-state index is 0.200. The van der Waals surface area contributed by atoms with Gasteiger partial charge in [0.05, 0.1) is 5.41 Å². The highest BCUT2D eigenvalue weighted by molar-refractivity contribution is 6.30. The van der Waals surface area contributed by atoms with Crippen LogP contribution in [0.1, 0.15) is 32.3 Å². The highest BCUT2D eigenvalue weighted by Crippen LogP contribution is 2.39. The molecule has 3 rings (SSSR count). The van der Waals surface area contributed by atoms with Crippen molar-refractivity contribution in [2.75, 3.05) is 13.1 Å². The van der Waals surface area contributed by atoms with Crippen molar-refractivity contribution in [1.82, 2.24) is 4.90 Å². The molecule has 4 heteroatoms. The zero-order valence-electron chi connectivity index (χ0n) is 12.7. The van der Waals surface area contributed by atoms with E-state index >= 15 is 0 Å². The number of carbonyl (C=O) groups is 1. The third kappa shape index (κ3) is 2.58. The maximum atomic E-state index is 12.9. The molecular formula is C17H23ClN2O. The van der Waals surface area contributed by atoms with Gasteiger partial charge in [-0.3, -0.25) is 4.79 Å². The van der Waals surface area contributed by atoms with Crippen LogP contribution in [0.25, 0.3) is 0 Å². The molecule has 114 valence electrons. The molecule has 1 saturated heterocycles. The van der Waals surface area contributed by atoms with Gasteiger partial charge < -0.3 is 10.6 Å². The maximum absolute atomic E-state index is 12.9. The van der Waals surface area contributed by atoms with Crippen LogP contribution in [0, 0.1) is 11.8 Å². The normalized spacial score (nSPS) is 28.8. The van der Waals surface area contributed by atoms with Gasteiger partial charge >= 0.3 is 0 Å². The van der Waals surface area contributed by atoms with Gasteiger partial charge in [-0.1, -0.05) is 23.7 Å². The molecule has 2 N–H and O–H groups in total. The number of rotatable bonds is 2. The molecule has 0 aromatic heterocycles. The number of carbonyl (C=O) groups excluding carboxylic acids is 1. The van der Waals surface area contributed by atoms with Crippen LogP contribution < -0.4 is 5.73 Å². The first-order valence-electron chi connectivity index (χ1n) is 7.70. The van der Waals surface area contributed by atoms with E-state index in [9.17, 15) is 4.79 Å². The van der Waals surface area contributed by atoms with Crippen molar-refractivity contribution in [2.45, 2.75) is 38.1 Å². The van der Waals surface area contributed by atoms with Crippen LogP contribution >= 0.6 is 11.6 Å². The molecule has 21 heavy (non-hydrogen) atoms. The van der Waals surface area contributed by atoms with E-state index in [0.717, 1.165) is 31.5 Å². The Balaban J connectivity index is 1.77. The smallest absolute Gasteiger partial charge is 0.232 e. The van der Waals surface area contributed by atoms with Crippen molar-refractivity contribution in [3.05, 3.63) is 34.9 Å². The third-order valence-corrected chi connectivity index (χ3v) is 5.55. The quantitative estimate of drug-likeness (QED) is 0.913. The maximum Gasteiger partial charge on any atom is 0.232 e. The van der Waals surface area contributed by atoms with Crippen LogP contribution in [0.3, 0.4) is 0 Å². The Morgan fingerprint density at radius 1 is 1.24 bits per heavy atom. The Hall–Kier alpha value is -1.06. The van der Waals surface area contributed by atoms with E-state index in [4.69, 9.17) is 17.3 Å². The summed E-state index contributed by atoms with van der Waals surface area (Å²) in [5.41, 5.74) is 6.66. The summed E-state index contributed by atoms with van der Waals surface area (Å²) < 4.78 is 0. The second-order valence-corrected chi connectivity index (χ2v) is 7.44. The van der Waals surface area contributed by atoms with Crippen molar-refractivity contribution < 1.29 is 4.79 Å². The van der Waals surface area contributed by atoms with E-state index in [-0.39, 0.29) is 11.9 Å². The predicted octanol–water partition coefficient (Wildman–Crippen LogP) is 2.81. The first kappa shape index (κ1) is 14.9. The standard InChI is InChI=1S/C17H23ClN2O/c1-17(2,12-4-6-13(18)7-5-12)16(21)20-9-11-3-8-15(19)14(11)10-20/h4-7,11,14-15H,3,8-10,19H2,1-2H3. The fourth-order valence-corrected chi connectivity index (χ4v) is 3.98. The SMILES string of the molecule is CC(C)(C(=O)N1CC2CCC(N)C2C1)c1ccc(Cl)cc1. The second-order valence-electron chi connectivity index (χ2n) is 7.01. The fourth-order valence-electron chi connectivity index (χ4n) is 3.86. The molecule has 3 nitrogen and oxygen atoms in total. The number of hydrogen-bond acceptors (Lipinski definition) is 2. The van der Waals surface area contributed by atoms with Crippen molar-refractivity contribution in [1.29, 1.82) is 0 Å². The van der Waals surface area contributed by atoms with Gasteiger partial charge in [-0.05, 0) is 56.2 Å². The molecule has 1 aromatic carbocycles. The molecule has 1 heterocycles. The molecule has 2 fully saturated rings. The van der Waals surface area contributed by atoms with Crippen LogP contribution in [0.2, 0.25) is 5.02 Å². The van der Waals surface area contributed by atoms with Crippen molar-refractivity contribution in [3.8, 4) is 0 Å². The van der Waals surface area contributed by atoms with Crippen LogP contribution in [-0.4, -0.2) is 29.9 Å². The van der Waals surface area contributed by atoms with Crippen LogP contribution in [0.4, 0.5) is 0 Å². The lowest BCUT2D eigenvalue weighted by atomic mass is 9.83. The number of fused-ring (bicyclic) bond motifs is 1. The number of benzene rings is 1. The minimum Gasteiger partial charge on any atom is -0.341 e. The summed E-state index contributed by atoms with van der Waals surface area (Å²) in [6, 6.07) is 7.86. The molecule has 1 aliphatic carbocycles. The number of hydrogen-bond donors (Lipinski definition) is 1. The van der Waals surface area contributed by atoms with Crippen molar-refractivity contribution >= 4 is 17.5 Å². The summed E-state index contributed by atoms with van der Waals surface area (Å²) in [6.07, 6.45) is 2.27. The van der Waals surface area contributed by atoms with Crippen LogP contribution in [0.15, 0.2) is 24.3 Å². The Labute approximate surface area is 131 Å². The van der Waals surface area contributed by atoms with Crippen LogP contribution in [0.5, 0.6) is 0 Å². The summed E-state index contributed by atoms with van der Waals surface area (Å²) in [4.78, 5) is 15.0. The largest absolute Gasteiger partial charge is 0.341 e. The van der Waals surface area contributed by atoms with E-state index in [1.807, 2.05) is 43.0 Å². The van der Waals surface area contributed by atoms with Gasteiger partial charge in [-0.15, -0.1) is 0 Å². The summed E-state index contributed by atoms with van der Waals surface area (Å²) in [7, 11) is 0. The second kappa shape index (κ2) is 5.29. The molecule has 3 atom stereocenters. The number of nitrogens with zero attached hydrogens (tertiary/aromatic N) is 1. The third-order valence-electron chi connectivity index (χ3n) is 5.30. The van der Waals surface area contributed by atoms with E-state index in [0.29, 0.717) is 16.9 Å². The number of likely N-dealkylation sites (tertiary alicyclic amines) is 1. The van der Waals surface area contributed by atoms with E-state index in [1.54, 1.807) is 0 Å². The van der Waals surface area contributed by atoms with Gasteiger partial charge in [-0.2, -0.15) is 0 Å². The van der Waals surface area contributed by atoms with Gasteiger partial charge in [0.25, 0.3) is 0 Å². The summed E-state index contributed by atoms with van der Waals surface area (Å²) >= 11 is 5.94. The molecule has 1 aliphatic heterocycles. The average Bonchev–Trinajstić information content (AvgIpc) is 3.01. The molecule has 1 amide bonds. The highest BCUT2D eigenvalue weighted by Gasteiger charge is 2.45. The molecular weight excluding hydrogens is 284 g/mol. The Bertz CT molecular complexity index is 540. The topological polar surface area (TPSA) is 46.3 Å². The van der Waals surface area contributed by atoms with E-state index < -0.39 is 5.41 Å². The Morgan fingerprint density at radius 3 is 2.52 bits per heavy atom. The lowest BCUT2D eigenvalue weighted by Crippen LogP contribution is -2.43. The van der Waals surface area contributed by atoms with Crippen molar-refractivity contribution in [2.24, 2.45) is 17.6 Å². The molecule has 0 radical (unpaired) electrons. The van der Waals surface area contributed by atoms with Gasteiger partial charge in [0.15, 0.2) is 0 Å². The molecule has 3 unspecified atom stereocenters. The van der Waals surface area contributed by atoms with Gasteiger partial charge in [-0.25, -0.2) is 0 Å². The molecule has 1 saturated carbocycles. The Morgan fingerprint density at radius 2 is 1.90 bits per heavy atom. The predicted molar refractivity (Wildman–Crippen MR) is 85.2 cm³/mol. The lowest BCUT2D eigenvalue weighted by molar-refractivity contribution is -0.135. The van der Waals surface area contributed by atoms with Gasteiger partial charge in [0.2, 0.25) is 5.91 Å². The van der Waals surface area contributed by atoms with E-state index in [1.165, 1.54) is 0 Å². The molecule has 0 spiro atoms. The Kier molecular flexibility index (Phi) is 3.74. The van der Waals surface area contributed by atoms with Crippen LogP contribution in [-0.2, 0) is 10.2 Å². The number of amides is 1. The summed E-state index contributed by atoms with van der Waals surface area (Å²) in [6.45, 7) is 5.68. The highest BCUT2D eigenvalue weighted by atomic mass is 35.5. The average molecular weight is 307 g/mol. The zero-order chi connectivity index (χ0) is 15.2. The number of nitrogens with two attached hydrogens (primary N) is 1. The van der Waals surface area contributed by atoms with Gasteiger partial charge in [0, 0.05) is 24.2 Å². The van der Waals surface area contributed by atoms with Crippen molar-refractivity contribution in [3.63, 3.8) is 0 Å². The summed E-state index contributed by atoms with van der Waals surface area (Å²) in [5.74, 6) is 1.30. The first-order chi connectivity index (χ1) is 9.89. The van der Waals surface area contributed by atoms with E-state index in [2.05, 4.69) is 0 Å². The van der Waals surface area contributed by atoms with Gasteiger partial charge in [0.1, 0.15) is 0 Å². The molecule has 2 aliphatic rings. The number of halogens is 1. The minimum atomic E-state index is -0.521. The summed E-state index contributed by atoms with van der Waals surface area (Å²) in [5, 5.41) is 0.698. The molecule has 1 aromatic rings. The zero-order valence-corrected chi connectivity index (χ0v) is 13.4. The first-order valence-corrected chi connectivity index (χ1v) is 8.08.